The van der Waals surface area contributed by atoms with E-state index in [1.165, 1.54) is 19.5 Å². The molecule has 0 radical (unpaired) electrons. The van der Waals surface area contributed by atoms with E-state index in [1.807, 2.05) is 18.2 Å². The van der Waals surface area contributed by atoms with Gasteiger partial charge in [-0.3, -0.25) is 9.80 Å². The van der Waals surface area contributed by atoms with Crippen molar-refractivity contribution >= 4 is 23.4 Å². The minimum Gasteiger partial charge on any atom is -0.497 e. The predicted octanol–water partition coefficient (Wildman–Crippen LogP) is 2.34. The quantitative estimate of drug-likeness (QED) is 0.915. The van der Waals surface area contributed by atoms with Crippen molar-refractivity contribution in [3.8, 4) is 5.75 Å². The molecule has 0 amide bonds. The molecule has 0 bridgehead atoms. The van der Waals surface area contributed by atoms with Gasteiger partial charge in [0.2, 0.25) is 0 Å². The molecule has 1 aromatic heterocycles. The van der Waals surface area contributed by atoms with Crippen molar-refractivity contribution in [3.05, 3.63) is 30.0 Å². The van der Waals surface area contributed by atoms with Crippen molar-refractivity contribution < 1.29 is 9.15 Å². The average molecular weight is 352 g/mol. The summed E-state index contributed by atoms with van der Waals surface area (Å²) in [5.74, 6) is 1.93. The molecule has 2 aromatic rings. The number of nitrogens with one attached hydrogen (secondary N) is 1. The first-order chi connectivity index (χ1) is 11.3. The lowest BCUT2D eigenvalue weighted by Gasteiger charge is -2.32. The van der Waals surface area contributed by atoms with Gasteiger partial charge in [-0.25, -0.2) is 0 Å². The summed E-state index contributed by atoms with van der Waals surface area (Å²) in [6.07, 6.45) is 1.27. The molecule has 0 aliphatic carbocycles. The molecule has 2 saturated heterocycles. The second kappa shape index (κ2) is 7.74. The lowest BCUT2D eigenvalue weighted by atomic mass is 10.2. The zero-order chi connectivity index (χ0) is 15.6. The van der Waals surface area contributed by atoms with E-state index < -0.39 is 0 Å². The van der Waals surface area contributed by atoms with Gasteiger partial charge in [0.25, 0.3) is 0 Å². The topological polar surface area (TPSA) is 40.9 Å². The average Bonchev–Trinajstić information content (AvgIpc) is 3.21. The van der Waals surface area contributed by atoms with Crippen molar-refractivity contribution in [3.63, 3.8) is 0 Å². The van der Waals surface area contributed by atoms with Gasteiger partial charge < -0.3 is 14.5 Å². The highest BCUT2D eigenvalue weighted by molar-refractivity contribution is 5.85. The maximum absolute atomic E-state index is 5.99. The fourth-order valence-electron chi connectivity index (χ4n) is 3.80. The number of fused-ring (bicyclic) bond motifs is 1. The number of benzene rings is 1. The van der Waals surface area contributed by atoms with E-state index in [4.69, 9.17) is 9.15 Å². The summed E-state index contributed by atoms with van der Waals surface area (Å²) in [7, 11) is 1.70. The molecule has 132 valence electrons. The molecular weight excluding hydrogens is 326 g/mol. The monoisotopic (exact) mass is 351 g/mol. The number of likely N-dealkylation sites (tertiary alicyclic amines) is 1. The van der Waals surface area contributed by atoms with Crippen LogP contribution in [-0.4, -0.2) is 62.2 Å². The molecular formula is C18H26ClN3O2. The van der Waals surface area contributed by atoms with Gasteiger partial charge >= 0.3 is 0 Å². The molecule has 0 saturated carbocycles. The number of furan rings is 1. The highest BCUT2D eigenvalue weighted by atomic mass is 35.5. The second-order valence-electron chi connectivity index (χ2n) is 6.58. The van der Waals surface area contributed by atoms with Crippen LogP contribution in [0.1, 0.15) is 12.2 Å². The Bertz CT molecular complexity index is 669. The third-order valence-electron chi connectivity index (χ3n) is 5.07. The van der Waals surface area contributed by atoms with E-state index in [9.17, 15) is 0 Å². The Morgan fingerprint density at radius 2 is 2.04 bits per heavy atom. The van der Waals surface area contributed by atoms with Crippen LogP contribution in [0.3, 0.4) is 0 Å². The number of hydrogen-bond acceptors (Lipinski definition) is 5. The summed E-state index contributed by atoms with van der Waals surface area (Å²) in [5.41, 5.74) is 0.943. The summed E-state index contributed by atoms with van der Waals surface area (Å²) in [5, 5.41) is 4.56. The number of halogens is 1. The summed E-state index contributed by atoms with van der Waals surface area (Å²) in [6, 6.07) is 8.84. The van der Waals surface area contributed by atoms with Crippen LogP contribution in [0.25, 0.3) is 11.0 Å². The van der Waals surface area contributed by atoms with Crippen LogP contribution in [0.15, 0.2) is 28.7 Å². The van der Waals surface area contributed by atoms with Gasteiger partial charge in [-0.2, -0.15) is 0 Å². The Balaban J connectivity index is 0.00000169. The van der Waals surface area contributed by atoms with Crippen LogP contribution in [0.4, 0.5) is 0 Å². The summed E-state index contributed by atoms with van der Waals surface area (Å²) in [4.78, 5) is 5.15. The molecule has 6 heteroatoms. The normalized spacial score (nSPS) is 22.6. The predicted molar refractivity (Wildman–Crippen MR) is 98.1 cm³/mol. The smallest absolute Gasteiger partial charge is 0.134 e. The summed E-state index contributed by atoms with van der Waals surface area (Å²) < 4.78 is 11.3. The number of ether oxygens (including phenoxy) is 1. The third kappa shape index (κ3) is 3.70. The molecule has 1 aromatic carbocycles. The zero-order valence-electron chi connectivity index (χ0n) is 14.2. The number of hydrogen-bond donors (Lipinski definition) is 1. The summed E-state index contributed by atoms with van der Waals surface area (Å²) in [6.45, 7) is 7.84. The van der Waals surface area contributed by atoms with Gasteiger partial charge in [0.15, 0.2) is 0 Å². The van der Waals surface area contributed by atoms with Crippen LogP contribution < -0.4 is 10.1 Å². The van der Waals surface area contributed by atoms with Crippen molar-refractivity contribution in [2.45, 2.75) is 19.0 Å². The fraction of sp³-hybridized carbons (Fsp3) is 0.556. The first kappa shape index (κ1) is 17.5. The lowest BCUT2D eigenvalue weighted by molar-refractivity contribution is 0.169. The third-order valence-corrected chi connectivity index (χ3v) is 5.07. The molecule has 2 aliphatic rings. The lowest BCUT2D eigenvalue weighted by Crippen LogP contribution is -2.49. The van der Waals surface area contributed by atoms with Crippen LogP contribution in [0.2, 0.25) is 0 Å². The molecule has 2 fully saturated rings. The first-order valence-corrected chi connectivity index (χ1v) is 8.55. The molecule has 1 N–H and O–H groups in total. The molecule has 24 heavy (non-hydrogen) atoms. The van der Waals surface area contributed by atoms with E-state index in [2.05, 4.69) is 21.2 Å². The minimum atomic E-state index is 0. The van der Waals surface area contributed by atoms with Crippen molar-refractivity contribution in [2.75, 3.05) is 46.4 Å². The van der Waals surface area contributed by atoms with Crippen LogP contribution >= 0.6 is 12.4 Å². The Morgan fingerprint density at radius 1 is 1.21 bits per heavy atom. The Kier molecular flexibility index (Phi) is 5.66. The Labute approximate surface area is 149 Å². The standard InChI is InChI=1S/C18H25N3O2.ClH/c1-22-16-2-3-18-14(10-16)11-17(23-18)13-20-7-4-15(12-20)21-8-5-19-6-9-21;/h2-3,10-11,15,19H,4-9,12-13H2,1H3;1H. The summed E-state index contributed by atoms with van der Waals surface area (Å²) >= 11 is 0. The molecule has 3 heterocycles. The minimum absolute atomic E-state index is 0. The molecule has 1 atom stereocenters. The van der Waals surface area contributed by atoms with E-state index in [-0.39, 0.29) is 12.4 Å². The van der Waals surface area contributed by atoms with Crippen LogP contribution in [-0.2, 0) is 6.54 Å². The highest BCUT2D eigenvalue weighted by Gasteiger charge is 2.28. The fourth-order valence-corrected chi connectivity index (χ4v) is 3.80. The van der Waals surface area contributed by atoms with Gasteiger partial charge in [-0.05, 0) is 30.7 Å². The molecule has 4 rings (SSSR count). The van der Waals surface area contributed by atoms with E-state index in [0.717, 1.165) is 55.2 Å². The molecule has 1 unspecified atom stereocenters. The van der Waals surface area contributed by atoms with E-state index in [1.54, 1.807) is 7.11 Å². The molecule has 5 nitrogen and oxygen atoms in total. The van der Waals surface area contributed by atoms with Crippen molar-refractivity contribution in [2.24, 2.45) is 0 Å². The Hall–Kier alpha value is -1.27. The zero-order valence-corrected chi connectivity index (χ0v) is 15.0. The number of methoxy groups -OCH3 is 1. The van der Waals surface area contributed by atoms with Gasteiger partial charge in [0.1, 0.15) is 17.1 Å². The largest absolute Gasteiger partial charge is 0.497 e. The molecule has 2 aliphatic heterocycles. The van der Waals surface area contributed by atoms with Gasteiger partial charge in [-0.1, -0.05) is 0 Å². The number of rotatable bonds is 4. The SMILES string of the molecule is COc1ccc2oc(CN3CCC(N4CCNCC4)C3)cc2c1.Cl. The number of nitrogens with zero attached hydrogens (tertiary/aromatic N) is 2. The van der Waals surface area contributed by atoms with Crippen LogP contribution in [0, 0.1) is 0 Å². The van der Waals surface area contributed by atoms with Crippen molar-refractivity contribution in [1.82, 2.24) is 15.1 Å². The first-order valence-electron chi connectivity index (χ1n) is 8.55. The van der Waals surface area contributed by atoms with Gasteiger partial charge in [-0.15, -0.1) is 12.4 Å². The van der Waals surface area contributed by atoms with Crippen molar-refractivity contribution in [1.29, 1.82) is 0 Å². The van der Waals surface area contributed by atoms with E-state index >= 15 is 0 Å². The maximum atomic E-state index is 5.99. The second-order valence-corrected chi connectivity index (χ2v) is 6.58. The molecule has 0 spiro atoms. The highest BCUT2D eigenvalue weighted by Crippen LogP contribution is 2.26. The van der Waals surface area contributed by atoms with Gasteiger partial charge in [0, 0.05) is 50.7 Å². The van der Waals surface area contributed by atoms with Crippen LogP contribution in [0.5, 0.6) is 5.75 Å². The van der Waals surface area contributed by atoms with E-state index in [0.29, 0.717) is 6.04 Å². The number of piperazine rings is 1. The Morgan fingerprint density at radius 3 is 2.83 bits per heavy atom. The maximum Gasteiger partial charge on any atom is 0.134 e. The van der Waals surface area contributed by atoms with Gasteiger partial charge in [0.05, 0.1) is 13.7 Å².